The number of benzene rings is 1. The molecule has 1 rings (SSSR count). The first-order valence-corrected chi connectivity index (χ1v) is 7.45. The molecule has 0 aliphatic heterocycles. The van der Waals surface area contributed by atoms with Crippen molar-refractivity contribution in [1.82, 2.24) is 0 Å². The molecule has 18 heavy (non-hydrogen) atoms. The Morgan fingerprint density at radius 3 is 2.72 bits per heavy atom. The van der Waals surface area contributed by atoms with E-state index in [1.165, 1.54) is 0 Å². The molecule has 0 heterocycles. The third-order valence-corrected chi connectivity index (χ3v) is 3.96. The molecule has 1 atom stereocenters. The maximum Gasteiger partial charge on any atom is 0.237 e. The number of nitrogen functional groups attached to an aromatic ring is 1. The van der Waals surface area contributed by atoms with E-state index in [2.05, 4.69) is 5.32 Å². The Morgan fingerprint density at radius 2 is 2.17 bits per heavy atom. The Bertz CT molecular complexity index is 463. The van der Waals surface area contributed by atoms with Crippen molar-refractivity contribution in [3.05, 3.63) is 23.2 Å². The van der Waals surface area contributed by atoms with Crippen LogP contribution in [0, 0.1) is 5.92 Å². The van der Waals surface area contributed by atoms with Gasteiger partial charge in [0, 0.05) is 21.6 Å². The quantitative estimate of drug-likeness (QED) is 0.817. The summed E-state index contributed by atoms with van der Waals surface area (Å²) >= 11 is 5.75. The molecule has 1 unspecified atom stereocenters. The van der Waals surface area contributed by atoms with Gasteiger partial charge in [-0.1, -0.05) is 25.4 Å². The summed E-state index contributed by atoms with van der Waals surface area (Å²) in [6, 6.07) is 4.82. The summed E-state index contributed by atoms with van der Waals surface area (Å²) in [6.45, 7) is 3.93. The predicted octanol–water partition coefficient (Wildman–Crippen LogP) is 2.27. The highest BCUT2D eigenvalue weighted by molar-refractivity contribution is 7.85. The van der Waals surface area contributed by atoms with Crippen molar-refractivity contribution in [2.24, 2.45) is 5.92 Å². The van der Waals surface area contributed by atoms with Crippen molar-refractivity contribution in [3.63, 3.8) is 0 Å². The molecule has 0 radical (unpaired) electrons. The second-order valence-corrected chi connectivity index (χ2v) is 6.36. The van der Waals surface area contributed by atoms with E-state index in [9.17, 15) is 9.00 Å². The van der Waals surface area contributed by atoms with Crippen molar-refractivity contribution in [2.45, 2.75) is 13.8 Å². The van der Waals surface area contributed by atoms with Crippen LogP contribution in [0.3, 0.4) is 0 Å². The number of nitrogens with two attached hydrogens (primary N) is 1. The molecule has 0 fully saturated rings. The minimum atomic E-state index is -1.14. The molecular formula is C12H17ClN2O2S. The molecule has 100 valence electrons. The third-order valence-electron chi connectivity index (χ3n) is 2.10. The summed E-state index contributed by atoms with van der Waals surface area (Å²) in [5.74, 6) is 0.506. The SMILES string of the molecule is CC(C)CS(=O)CC(=O)Nc1ccc(Cl)cc1N. The molecule has 1 aromatic carbocycles. The summed E-state index contributed by atoms with van der Waals surface area (Å²) in [5.41, 5.74) is 6.59. The van der Waals surface area contributed by atoms with Crippen molar-refractivity contribution >= 4 is 39.7 Å². The molecule has 6 heteroatoms. The molecule has 4 nitrogen and oxygen atoms in total. The normalized spacial score (nSPS) is 12.4. The van der Waals surface area contributed by atoms with Gasteiger partial charge in [-0.3, -0.25) is 9.00 Å². The Hall–Kier alpha value is -1.07. The third kappa shape index (κ3) is 5.06. The second-order valence-electron chi connectivity index (χ2n) is 4.42. The van der Waals surface area contributed by atoms with E-state index in [-0.39, 0.29) is 11.7 Å². The number of carbonyl (C=O) groups is 1. The van der Waals surface area contributed by atoms with Crippen molar-refractivity contribution in [1.29, 1.82) is 0 Å². The highest BCUT2D eigenvalue weighted by Crippen LogP contribution is 2.22. The lowest BCUT2D eigenvalue weighted by Crippen LogP contribution is -2.22. The maximum absolute atomic E-state index is 11.6. The van der Waals surface area contributed by atoms with E-state index in [1.54, 1.807) is 18.2 Å². The smallest absolute Gasteiger partial charge is 0.237 e. The van der Waals surface area contributed by atoms with Gasteiger partial charge in [-0.05, 0) is 24.1 Å². The monoisotopic (exact) mass is 288 g/mol. The Morgan fingerprint density at radius 1 is 1.50 bits per heavy atom. The molecule has 1 amide bonds. The second kappa shape index (κ2) is 6.75. The fourth-order valence-electron chi connectivity index (χ4n) is 1.41. The van der Waals surface area contributed by atoms with E-state index in [0.29, 0.717) is 28.1 Å². The van der Waals surface area contributed by atoms with Gasteiger partial charge in [-0.15, -0.1) is 0 Å². The van der Waals surface area contributed by atoms with Crippen LogP contribution < -0.4 is 11.1 Å². The van der Waals surface area contributed by atoms with Crippen LogP contribution in [0.25, 0.3) is 0 Å². The van der Waals surface area contributed by atoms with Crippen LogP contribution in [0.5, 0.6) is 0 Å². The maximum atomic E-state index is 11.6. The van der Waals surface area contributed by atoms with Crippen LogP contribution in [-0.4, -0.2) is 21.6 Å². The fourth-order valence-corrected chi connectivity index (χ4v) is 2.82. The molecule has 0 aliphatic carbocycles. The molecule has 0 aromatic heterocycles. The van der Waals surface area contributed by atoms with Crippen molar-refractivity contribution < 1.29 is 9.00 Å². The standard InChI is InChI=1S/C12H17ClN2O2S/c1-8(2)6-18(17)7-12(16)15-11-4-3-9(13)5-10(11)14/h3-5,8H,6-7,14H2,1-2H3,(H,15,16). The number of carbonyl (C=O) groups excluding carboxylic acids is 1. The molecule has 1 aromatic rings. The number of hydrogen-bond donors (Lipinski definition) is 2. The minimum absolute atomic E-state index is 0.0136. The zero-order valence-electron chi connectivity index (χ0n) is 10.4. The molecule has 0 spiro atoms. The van der Waals surface area contributed by atoms with E-state index in [4.69, 9.17) is 17.3 Å². The highest BCUT2D eigenvalue weighted by atomic mass is 35.5. The summed E-state index contributed by atoms with van der Waals surface area (Å²) in [6.07, 6.45) is 0. The zero-order valence-corrected chi connectivity index (χ0v) is 12.0. The first-order valence-electron chi connectivity index (χ1n) is 5.58. The van der Waals surface area contributed by atoms with Gasteiger partial charge in [-0.25, -0.2) is 0 Å². The van der Waals surface area contributed by atoms with Gasteiger partial charge in [0.15, 0.2) is 0 Å². The topological polar surface area (TPSA) is 72.2 Å². The molecule has 0 saturated carbocycles. The first-order chi connectivity index (χ1) is 8.38. The number of anilines is 2. The summed E-state index contributed by atoms with van der Waals surface area (Å²) in [7, 11) is -1.14. The largest absolute Gasteiger partial charge is 0.397 e. The Kier molecular flexibility index (Phi) is 5.62. The zero-order chi connectivity index (χ0) is 13.7. The van der Waals surface area contributed by atoms with Gasteiger partial charge in [0.2, 0.25) is 5.91 Å². The van der Waals surface area contributed by atoms with Crippen LogP contribution in [0.2, 0.25) is 5.02 Å². The van der Waals surface area contributed by atoms with E-state index < -0.39 is 10.8 Å². The summed E-state index contributed by atoms with van der Waals surface area (Å²) in [4.78, 5) is 11.6. The molecule has 0 bridgehead atoms. The number of rotatable bonds is 5. The number of amides is 1. The van der Waals surface area contributed by atoms with Crippen LogP contribution in [0.1, 0.15) is 13.8 Å². The van der Waals surface area contributed by atoms with Crippen molar-refractivity contribution in [2.75, 3.05) is 22.6 Å². The van der Waals surface area contributed by atoms with E-state index in [0.717, 1.165) is 0 Å². The van der Waals surface area contributed by atoms with E-state index >= 15 is 0 Å². The molecular weight excluding hydrogens is 272 g/mol. The Labute approximate surface area is 114 Å². The van der Waals surface area contributed by atoms with Crippen LogP contribution in [0.15, 0.2) is 18.2 Å². The van der Waals surface area contributed by atoms with Crippen LogP contribution in [0.4, 0.5) is 11.4 Å². The van der Waals surface area contributed by atoms with Gasteiger partial charge in [0.25, 0.3) is 0 Å². The van der Waals surface area contributed by atoms with Gasteiger partial charge in [0.1, 0.15) is 5.75 Å². The van der Waals surface area contributed by atoms with Gasteiger partial charge in [-0.2, -0.15) is 0 Å². The average Bonchev–Trinajstić information content (AvgIpc) is 2.20. The molecule has 0 aliphatic rings. The number of hydrogen-bond acceptors (Lipinski definition) is 3. The number of halogens is 1. The first kappa shape index (κ1) is 15.0. The lowest BCUT2D eigenvalue weighted by Gasteiger charge is -2.09. The van der Waals surface area contributed by atoms with Crippen molar-refractivity contribution in [3.8, 4) is 0 Å². The number of nitrogens with one attached hydrogen (secondary N) is 1. The minimum Gasteiger partial charge on any atom is -0.397 e. The fraction of sp³-hybridized carbons (Fsp3) is 0.417. The molecule has 0 saturated heterocycles. The summed E-state index contributed by atoms with van der Waals surface area (Å²) < 4.78 is 11.6. The Balaban J connectivity index is 2.57. The van der Waals surface area contributed by atoms with Gasteiger partial charge >= 0.3 is 0 Å². The summed E-state index contributed by atoms with van der Waals surface area (Å²) in [5, 5.41) is 3.13. The molecule has 3 N–H and O–H groups in total. The van der Waals surface area contributed by atoms with Gasteiger partial charge in [0.05, 0.1) is 11.4 Å². The van der Waals surface area contributed by atoms with E-state index in [1.807, 2.05) is 13.8 Å². The highest BCUT2D eigenvalue weighted by Gasteiger charge is 2.11. The lowest BCUT2D eigenvalue weighted by atomic mass is 10.2. The van der Waals surface area contributed by atoms with Gasteiger partial charge < -0.3 is 11.1 Å². The lowest BCUT2D eigenvalue weighted by molar-refractivity contribution is -0.113. The predicted molar refractivity (Wildman–Crippen MR) is 77.2 cm³/mol. The van der Waals surface area contributed by atoms with Crippen LogP contribution >= 0.6 is 11.6 Å². The van der Waals surface area contributed by atoms with Crippen LogP contribution in [-0.2, 0) is 15.6 Å². The average molecular weight is 289 g/mol.